The van der Waals surface area contributed by atoms with E-state index in [1.165, 1.54) is 5.56 Å². The van der Waals surface area contributed by atoms with Crippen molar-refractivity contribution >= 4 is 30.9 Å². The molecule has 0 aliphatic heterocycles. The lowest BCUT2D eigenvalue weighted by molar-refractivity contribution is 0.122. The summed E-state index contributed by atoms with van der Waals surface area (Å²) in [5.41, 5.74) is 1.36. The third-order valence-electron chi connectivity index (χ3n) is 4.95. The molecule has 0 radical (unpaired) electrons. The maximum Gasteiger partial charge on any atom is 0.192 e. The highest BCUT2D eigenvalue weighted by Crippen LogP contribution is 2.40. The van der Waals surface area contributed by atoms with Gasteiger partial charge in [0.25, 0.3) is 0 Å². The van der Waals surface area contributed by atoms with E-state index >= 15 is 0 Å². The molecule has 1 aromatic rings. The van der Waals surface area contributed by atoms with Gasteiger partial charge in [-0.15, -0.1) is 0 Å². The first-order valence-corrected chi connectivity index (χ1v) is 12.2. The molecule has 3 atom stereocenters. The van der Waals surface area contributed by atoms with Crippen LogP contribution in [0.2, 0.25) is 18.1 Å². The van der Waals surface area contributed by atoms with Gasteiger partial charge in [-0.05, 0) is 27.8 Å². The molecule has 0 N–H and O–H groups in total. The Labute approximate surface area is 151 Å². The molecular formula is C19H31IOSi. The van der Waals surface area contributed by atoms with E-state index in [2.05, 4.69) is 111 Å². The van der Waals surface area contributed by atoms with E-state index in [-0.39, 0.29) is 11.1 Å². The van der Waals surface area contributed by atoms with Crippen molar-refractivity contribution in [1.29, 1.82) is 0 Å². The lowest BCUT2D eigenvalue weighted by atomic mass is 9.88. The van der Waals surface area contributed by atoms with Crippen molar-refractivity contribution in [1.82, 2.24) is 0 Å². The first-order valence-electron chi connectivity index (χ1n) is 8.10. The van der Waals surface area contributed by atoms with Crippen molar-refractivity contribution in [2.75, 3.05) is 0 Å². The largest absolute Gasteiger partial charge is 0.413 e. The zero-order valence-electron chi connectivity index (χ0n) is 15.1. The molecular weight excluding hydrogens is 399 g/mol. The second-order valence-electron chi connectivity index (χ2n) is 7.72. The highest BCUT2D eigenvalue weighted by atomic mass is 127. The molecule has 124 valence electrons. The Kier molecular flexibility index (Phi) is 7.34. The number of hydrogen-bond acceptors (Lipinski definition) is 1. The summed E-state index contributed by atoms with van der Waals surface area (Å²) in [4.78, 5) is 0. The van der Waals surface area contributed by atoms with Crippen molar-refractivity contribution in [2.24, 2.45) is 5.92 Å². The Bertz CT molecular complexity index is 476. The SMILES string of the molecule is C[C@H](/C=C\I)[C@@H](O[Si](C)(C)C(C)(C)C)[C@@H](C)c1ccccc1. The van der Waals surface area contributed by atoms with Gasteiger partial charge in [-0.3, -0.25) is 0 Å². The molecule has 1 nitrogen and oxygen atoms in total. The minimum atomic E-state index is -1.79. The van der Waals surface area contributed by atoms with Gasteiger partial charge in [-0.25, -0.2) is 0 Å². The summed E-state index contributed by atoms with van der Waals surface area (Å²) in [6.07, 6.45) is 2.48. The number of hydrogen-bond donors (Lipinski definition) is 0. The fourth-order valence-electron chi connectivity index (χ4n) is 2.35. The highest BCUT2D eigenvalue weighted by molar-refractivity contribution is 14.1. The molecule has 0 amide bonds. The molecule has 0 heterocycles. The molecule has 1 aromatic carbocycles. The average Bonchev–Trinajstić information content (AvgIpc) is 2.44. The van der Waals surface area contributed by atoms with Crippen LogP contribution >= 0.6 is 22.6 Å². The summed E-state index contributed by atoms with van der Waals surface area (Å²) in [6.45, 7) is 16.2. The molecule has 0 aromatic heterocycles. The van der Waals surface area contributed by atoms with Gasteiger partial charge in [0.1, 0.15) is 0 Å². The van der Waals surface area contributed by atoms with Gasteiger partial charge in [-0.2, -0.15) is 0 Å². The van der Waals surface area contributed by atoms with Gasteiger partial charge < -0.3 is 4.43 Å². The second-order valence-corrected chi connectivity index (χ2v) is 13.2. The number of halogens is 1. The van der Waals surface area contributed by atoms with Crippen LogP contribution in [0.15, 0.2) is 40.5 Å². The molecule has 1 rings (SSSR count). The predicted molar refractivity (Wildman–Crippen MR) is 109 cm³/mol. The monoisotopic (exact) mass is 430 g/mol. The van der Waals surface area contributed by atoms with E-state index in [1.54, 1.807) is 0 Å². The smallest absolute Gasteiger partial charge is 0.192 e. The van der Waals surface area contributed by atoms with Gasteiger partial charge in [0.05, 0.1) is 6.10 Å². The molecule has 22 heavy (non-hydrogen) atoms. The van der Waals surface area contributed by atoms with E-state index < -0.39 is 8.32 Å². The van der Waals surface area contributed by atoms with Crippen LogP contribution in [0.3, 0.4) is 0 Å². The fourth-order valence-corrected chi connectivity index (χ4v) is 4.46. The Morgan fingerprint density at radius 3 is 2.09 bits per heavy atom. The van der Waals surface area contributed by atoms with Crippen LogP contribution in [0, 0.1) is 5.92 Å². The Hall–Kier alpha value is -0.133. The second kappa shape index (κ2) is 8.11. The van der Waals surface area contributed by atoms with Crippen molar-refractivity contribution in [3.8, 4) is 0 Å². The van der Waals surface area contributed by atoms with Crippen LogP contribution in [-0.4, -0.2) is 14.4 Å². The standard InChI is InChI=1S/C19H31IOSi/c1-15(13-14-20)18(21-22(6,7)19(3,4)5)16(2)17-11-9-8-10-12-17/h8-16,18H,1-7H3/b14-13-/t15-,16+,18-/m1/s1. The van der Waals surface area contributed by atoms with Crippen molar-refractivity contribution < 1.29 is 4.43 Å². The van der Waals surface area contributed by atoms with Gasteiger partial charge in [0.2, 0.25) is 0 Å². The Morgan fingerprint density at radius 2 is 1.64 bits per heavy atom. The lowest BCUT2D eigenvalue weighted by Crippen LogP contribution is -2.46. The first-order chi connectivity index (χ1) is 10.1. The van der Waals surface area contributed by atoms with Gasteiger partial charge >= 0.3 is 0 Å². The molecule has 0 saturated carbocycles. The minimum absolute atomic E-state index is 0.217. The minimum Gasteiger partial charge on any atom is -0.413 e. The van der Waals surface area contributed by atoms with Crippen LogP contribution in [0.4, 0.5) is 0 Å². The van der Waals surface area contributed by atoms with E-state index in [0.717, 1.165) is 0 Å². The first kappa shape index (κ1) is 19.9. The van der Waals surface area contributed by atoms with Gasteiger partial charge in [-0.1, -0.05) is 93.6 Å². The lowest BCUT2D eigenvalue weighted by Gasteiger charge is -2.42. The third kappa shape index (κ3) is 5.20. The molecule has 0 fully saturated rings. The van der Waals surface area contributed by atoms with Crippen molar-refractivity contribution in [3.05, 3.63) is 46.1 Å². The molecule has 0 aliphatic carbocycles. The van der Waals surface area contributed by atoms with Gasteiger partial charge in [0, 0.05) is 11.8 Å². The highest BCUT2D eigenvalue weighted by Gasteiger charge is 2.41. The van der Waals surface area contributed by atoms with E-state index in [9.17, 15) is 0 Å². The fraction of sp³-hybridized carbons (Fsp3) is 0.579. The number of benzene rings is 1. The summed E-state index contributed by atoms with van der Waals surface area (Å²) < 4.78 is 8.93. The summed E-state index contributed by atoms with van der Waals surface area (Å²) in [5.74, 6) is 0.791. The maximum absolute atomic E-state index is 6.82. The van der Waals surface area contributed by atoms with Crippen LogP contribution in [0.5, 0.6) is 0 Å². The Morgan fingerprint density at radius 1 is 1.09 bits per heavy atom. The predicted octanol–water partition coefficient (Wildman–Crippen LogP) is 6.77. The molecule has 0 saturated heterocycles. The summed E-state index contributed by atoms with van der Waals surface area (Å²) in [7, 11) is -1.79. The topological polar surface area (TPSA) is 9.23 Å². The van der Waals surface area contributed by atoms with Crippen LogP contribution < -0.4 is 0 Å². The van der Waals surface area contributed by atoms with Crippen LogP contribution in [0.25, 0.3) is 0 Å². The summed E-state index contributed by atoms with van der Waals surface area (Å²) in [6, 6.07) is 10.7. The Balaban J connectivity index is 3.09. The van der Waals surface area contributed by atoms with Crippen LogP contribution in [0.1, 0.15) is 46.1 Å². The molecule has 0 bridgehead atoms. The normalized spacial score (nSPS) is 17.5. The van der Waals surface area contributed by atoms with E-state index in [0.29, 0.717) is 11.8 Å². The zero-order chi connectivity index (χ0) is 17.0. The maximum atomic E-state index is 6.82. The molecule has 0 unspecified atom stereocenters. The van der Waals surface area contributed by atoms with E-state index in [1.807, 2.05) is 0 Å². The van der Waals surface area contributed by atoms with Crippen LogP contribution in [-0.2, 0) is 4.43 Å². The molecule has 0 spiro atoms. The summed E-state index contributed by atoms with van der Waals surface area (Å²) in [5, 5.41) is 0.232. The third-order valence-corrected chi connectivity index (χ3v) is 9.84. The summed E-state index contributed by atoms with van der Waals surface area (Å²) >= 11 is 2.30. The zero-order valence-corrected chi connectivity index (χ0v) is 18.2. The quantitative estimate of drug-likeness (QED) is 0.358. The van der Waals surface area contributed by atoms with E-state index in [4.69, 9.17) is 4.43 Å². The van der Waals surface area contributed by atoms with Gasteiger partial charge in [0.15, 0.2) is 8.32 Å². The molecule has 3 heteroatoms. The average molecular weight is 430 g/mol. The molecule has 0 aliphatic rings. The van der Waals surface area contributed by atoms with Crippen molar-refractivity contribution in [2.45, 2.75) is 64.8 Å². The number of rotatable bonds is 6. The van der Waals surface area contributed by atoms with Crippen molar-refractivity contribution in [3.63, 3.8) is 0 Å².